The highest BCUT2D eigenvalue weighted by molar-refractivity contribution is 5.48. The van der Waals surface area contributed by atoms with Crippen molar-refractivity contribution in [3.63, 3.8) is 0 Å². The predicted octanol–water partition coefficient (Wildman–Crippen LogP) is 2.34. The van der Waals surface area contributed by atoms with Crippen molar-refractivity contribution in [2.75, 3.05) is 11.4 Å². The number of nitrogens with zero attached hydrogens (tertiary/aromatic N) is 2. The largest absolute Gasteiger partial charge is 0.392 e. The molecule has 0 aliphatic heterocycles. The molecule has 0 amide bonds. The zero-order chi connectivity index (χ0) is 12.4. The van der Waals surface area contributed by atoms with Gasteiger partial charge in [0.1, 0.15) is 11.6 Å². The summed E-state index contributed by atoms with van der Waals surface area (Å²) in [4.78, 5) is 6.36. The summed E-state index contributed by atoms with van der Waals surface area (Å²) in [5.41, 5.74) is 0.581. The Balaban J connectivity index is 2.28. The molecule has 1 aromatic heterocycles. The molecule has 0 atom stereocenters. The minimum atomic E-state index is -0.391. The Labute approximate surface area is 101 Å². The fraction of sp³-hybridized carbons (Fsp3) is 0.615. The lowest BCUT2D eigenvalue weighted by Crippen LogP contribution is -2.31. The molecule has 1 aliphatic rings. The van der Waals surface area contributed by atoms with E-state index >= 15 is 0 Å². The number of aliphatic hydroxyl groups is 1. The van der Waals surface area contributed by atoms with E-state index in [0.717, 1.165) is 25.2 Å². The number of anilines is 1. The molecule has 1 saturated carbocycles. The van der Waals surface area contributed by atoms with Crippen LogP contribution in [0.2, 0.25) is 0 Å². The van der Waals surface area contributed by atoms with E-state index in [-0.39, 0.29) is 6.61 Å². The fourth-order valence-electron chi connectivity index (χ4n) is 2.04. The SMILES string of the molecule is CC(C)CN(c1ncc(F)cc1CO)C1CC1. The summed E-state index contributed by atoms with van der Waals surface area (Å²) in [5, 5.41) is 9.29. The van der Waals surface area contributed by atoms with Crippen LogP contribution < -0.4 is 4.90 Å². The molecular weight excluding hydrogens is 219 g/mol. The molecule has 1 fully saturated rings. The molecule has 0 radical (unpaired) electrons. The Hall–Kier alpha value is -1.16. The first-order valence-corrected chi connectivity index (χ1v) is 6.13. The number of rotatable bonds is 5. The number of aliphatic hydroxyl groups excluding tert-OH is 1. The van der Waals surface area contributed by atoms with Crippen LogP contribution in [0.3, 0.4) is 0 Å². The number of aromatic nitrogens is 1. The van der Waals surface area contributed by atoms with Crippen molar-refractivity contribution in [3.8, 4) is 0 Å². The molecular formula is C13H19FN2O. The van der Waals surface area contributed by atoms with Gasteiger partial charge in [-0.25, -0.2) is 9.37 Å². The molecule has 0 saturated heterocycles. The van der Waals surface area contributed by atoms with Crippen LogP contribution >= 0.6 is 0 Å². The van der Waals surface area contributed by atoms with Crippen LogP contribution in [-0.2, 0) is 6.61 Å². The predicted molar refractivity (Wildman–Crippen MR) is 65.3 cm³/mol. The third-order valence-corrected chi connectivity index (χ3v) is 2.90. The van der Waals surface area contributed by atoms with Crippen LogP contribution in [0.25, 0.3) is 0 Å². The van der Waals surface area contributed by atoms with Gasteiger partial charge in [-0.15, -0.1) is 0 Å². The van der Waals surface area contributed by atoms with Gasteiger partial charge in [-0.05, 0) is 24.8 Å². The molecule has 0 aromatic carbocycles. The van der Waals surface area contributed by atoms with Crippen LogP contribution in [0.4, 0.5) is 10.2 Å². The number of halogens is 1. The molecule has 2 rings (SSSR count). The smallest absolute Gasteiger partial charge is 0.142 e. The van der Waals surface area contributed by atoms with Crippen LogP contribution in [0.15, 0.2) is 12.3 Å². The van der Waals surface area contributed by atoms with E-state index in [1.165, 1.54) is 12.3 Å². The highest BCUT2D eigenvalue weighted by Crippen LogP contribution is 2.33. The average Bonchev–Trinajstić information content (AvgIpc) is 3.09. The van der Waals surface area contributed by atoms with E-state index < -0.39 is 5.82 Å². The summed E-state index contributed by atoms with van der Waals surface area (Å²) < 4.78 is 13.1. The van der Waals surface area contributed by atoms with Crippen molar-refractivity contribution in [1.82, 2.24) is 4.98 Å². The normalized spacial score (nSPS) is 15.4. The first-order chi connectivity index (χ1) is 8.11. The van der Waals surface area contributed by atoms with Crippen molar-refractivity contribution in [2.24, 2.45) is 5.92 Å². The fourth-order valence-corrected chi connectivity index (χ4v) is 2.04. The molecule has 0 bridgehead atoms. The maximum absolute atomic E-state index is 13.1. The molecule has 1 heterocycles. The van der Waals surface area contributed by atoms with Crippen LogP contribution in [0.5, 0.6) is 0 Å². The quantitative estimate of drug-likeness (QED) is 0.855. The standard InChI is InChI=1S/C13H19FN2O/c1-9(2)7-16(12-3-4-12)13-10(8-17)5-11(14)6-15-13/h5-6,9,12,17H,3-4,7-8H2,1-2H3. The zero-order valence-corrected chi connectivity index (χ0v) is 10.4. The molecule has 1 N–H and O–H groups in total. The van der Waals surface area contributed by atoms with E-state index in [2.05, 4.69) is 23.7 Å². The number of hydrogen-bond acceptors (Lipinski definition) is 3. The number of hydrogen-bond donors (Lipinski definition) is 1. The molecule has 0 spiro atoms. The van der Waals surface area contributed by atoms with Gasteiger partial charge >= 0.3 is 0 Å². The topological polar surface area (TPSA) is 36.4 Å². The second-order valence-electron chi connectivity index (χ2n) is 5.07. The van der Waals surface area contributed by atoms with Gasteiger partial charge in [0.2, 0.25) is 0 Å². The van der Waals surface area contributed by atoms with Crippen LogP contribution in [0.1, 0.15) is 32.3 Å². The van der Waals surface area contributed by atoms with Gasteiger partial charge in [-0.3, -0.25) is 0 Å². The van der Waals surface area contributed by atoms with Gasteiger partial charge in [-0.1, -0.05) is 13.8 Å². The zero-order valence-electron chi connectivity index (χ0n) is 10.4. The third kappa shape index (κ3) is 2.94. The summed E-state index contributed by atoms with van der Waals surface area (Å²) >= 11 is 0. The van der Waals surface area contributed by atoms with Crippen molar-refractivity contribution < 1.29 is 9.50 Å². The minimum absolute atomic E-state index is 0.165. The minimum Gasteiger partial charge on any atom is -0.392 e. The van der Waals surface area contributed by atoms with E-state index in [4.69, 9.17) is 0 Å². The molecule has 94 valence electrons. The summed E-state index contributed by atoms with van der Waals surface area (Å²) in [6.07, 6.45) is 3.55. The van der Waals surface area contributed by atoms with Crippen LogP contribution in [-0.4, -0.2) is 22.7 Å². The average molecular weight is 238 g/mol. The Morgan fingerprint density at radius 3 is 2.76 bits per heavy atom. The Kier molecular flexibility index (Phi) is 3.62. The summed E-state index contributed by atoms with van der Waals surface area (Å²) in [6, 6.07) is 1.89. The second-order valence-corrected chi connectivity index (χ2v) is 5.07. The Morgan fingerprint density at radius 2 is 2.24 bits per heavy atom. The molecule has 17 heavy (non-hydrogen) atoms. The maximum Gasteiger partial charge on any atom is 0.142 e. The van der Waals surface area contributed by atoms with E-state index in [1.807, 2.05) is 0 Å². The van der Waals surface area contributed by atoms with E-state index in [9.17, 15) is 9.50 Å². The molecule has 0 unspecified atom stereocenters. The lowest BCUT2D eigenvalue weighted by molar-refractivity contribution is 0.280. The summed E-state index contributed by atoms with van der Waals surface area (Å²) in [7, 11) is 0. The molecule has 3 nitrogen and oxygen atoms in total. The van der Waals surface area contributed by atoms with Crippen LogP contribution in [0, 0.1) is 11.7 Å². The van der Waals surface area contributed by atoms with E-state index in [1.54, 1.807) is 0 Å². The van der Waals surface area contributed by atoms with Crippen molar-refractivity contribution in [1.29, 1.82) is 0 Å². The van der Waals surface area contributed by atoms with Crippen molar-refractivity contribution in [2.45, 2.75) is 39.3 Å². The highest BCUT2D eigenvalue weighted by atomic mass is 19.1. The molecule has 4 heteroatoms. The lowest BCUT2D eigenvalue weighted by atomic mass is 10.1. The van der Waals surface area contributed by atoms with Gasteiger partial charge in [0.05, 0.1) is 12.8 Å². The number of pyridine rings is 1. The highest BCUT2D eigenvalue weighted by Gasteiger charge is 2.31. The third-order valence-electron chi connectivity index (χ3n) is 2.90. The Bertz CT molecular complexity index is 391. The van der Waals surface area contributed by atoms with Gasteiger partial charge in [0.25, 0.3) is 0 Å². The van der Waals surface area contributed by atoms with Gasteiger partial charge < -0.3 is 10.0 Å². The first kappa shape index (κ1) is 12.3. The Morgan fingerprint density at radius 1 is 1.53 bits per heavy atom. The van der Waals surface area contributed by atoms with Gasteiger partial charge in [0, 0.05) is 18.2 Å². The van der Waals surface area contributed by atoms with Crippen molar-refractivity contribution in [3.05, 3.63) is 23.6 Å². The summed E-state index contributed by atoms with van der Waals surface area (Å²) in [6.45, 7) is 5.03. The lowest BCUT2D eigenvalue weighted by Gasteiger charge is -2.27. The van der Waals surface area contributed by atoms with Crippen molar-refractivity contribution >= 4 is 5.82 Å². The van der Waals surface area contributed by atoms with Gasteiger partial charge in [0.15, 0.2) is 0 Å². The molecule has 1 aliphatic carbocycles. The first-order valence-electron chi connectivity index (χ1n) is 6.13. The molecule has 1 aromatic rings. The summed E-state index contributed by atoms with van der Waals surface area (Å²) in [5.74, 6) is 0.872. The van der Waals surface area contributed by atoms with Gasteiger partial charge in [-0.2, -0.15) is 0 Å². The monoisotopic (exact) mass is 238 g/mol. The second kappa shape index (κ2) is 5.00. The maximum atomic E-state index is 13.1. The van der Waals surface area contributed by atoms with E-state index in [0.29, 0.717) is 17.5 Å².